The molecule has 2 heterocycles. The van der Waals surface area contributed by atoms with Gasteiger partial charge >= 0.3 is 0 Å². The molecule has 0 aliphatic rings. The summed E-state index contributed by atoms with van der Waals surface area (Å²) in [6, 6.07) is 60.5. The Labute approximate surface area is 294 Å². The van der Waals surface area contributed by atoms with Crippen LogP contribution in [0.25, 0.3) is 61.7 Å². The van der Waals surface area contributed by atoms with Crippen molar-refractivity contribution in [2.24, 2.45) is 0 Å². The SMILES string of the molecule is c1ccc(Oc2ccc3c(c2)c2cc(Oc4ccccc4)ccc2n3-c2ccccc2-c2nc(-c3ccccc3)nc(-c3ccccc3)n2)cc1. The van der Waals surface area contributed by atoms with Gasteiger partial charge in [-0.1, -0.05) is 109 Å². The van der Waals surface area contributed by atoms with E-state index in [0.717, 1.165) is 67.2 Å². The van der Waals surface area contributed by atoms with E-state index in [1.54, 1.807) is 0 Å². The van der Waals surface area contributed by atoms with Gasteiger partial charge in [0.2, 0.25) is 0 Å². The Kier molecular flexibility index (Phi) is 7.72. The van der Waals surface area contributed by atoms with Gasteiger partial charge in [-0.2, -0.15) is 0 Å². The minimum absolute atomic E-state index is 0.585. The molecule has 6 nitrogen and oxygen atoms in total. The molecule has 9 rings (SSSR count). The highest BCUT2D eigenvalue weighted by molar-refractivity contribution is 6.10. The monoisotopic (exact) mass is 658 g/mol. The molecular weight excluding hydrogens is 629 g/mol. The van der Waals surface area contributed by atoms with Gasteiger partial charge < -0.3 is 14.0 Å². The minimum Gasteiger partial charge on any atom is -0.457 e. The average Bonchev–Trinajstić information content (AvgIpc) is 3.52. The molecule has 0 bridgehead atoms. The van der Waals surface area contributed by atoms with Gasteiger partial charge in [0, 0.05) is 27.5 Å². The molecule has 0 saturated heterocycles. The number of para-hydroxylation sites is 3. The first-order chi connectivity index (χ1) is 25.3. The van der Waals surface area contributed by atoms with Crippen LogP contribution < -0.4 is 9.47 Å². The fraction of sp³-hybridized carbons (Fsp3) is 0. The highest BCUT2D eigenvalue weighted by atomic mass is 16.5. The maximum Gasteiger partial charge on any atom is 0.166 e. The molecule has 51 heavy (non-hydrogen) atoms. The summed E-state index contributed by atoms with van der Waals surface area (Å²) in [6.45, 7) is 0. The topological polar surface area (TPSA) is 62.1 Å². The minimum atomic E-state index is 0.585. The number of nitrogens with zero attached hydrogens (tertiary/aromatic N) is 4. The Hall–Kier alpha value is -7.05. The lowest BCUT2D eigenvalue weighted by Crippen LogP contribution is -2.03. The number of hydrogen-bond acceptors (Lipinski definition) is 5. The van der Waals surface area contributed by atoms with Gasteiger partial charge in [0.25, 0.3) is 0 Å². The molecule has 0 amide bonds. The zero-order valence-electron chi connectivity index (χ0n) is 27.4. The summed E-state index contributed by atoms with van der Waals surface area (Å²) < 4.78 is 14.9. The van der Waals surface area contributed by atoms with E-state index in [9.17, 15) is 0 Å². The van der Waals surface area contributed by atoms with Crippen molar-refractivity contribution < 1.29 is 9.47 Å². The number of hydrogen-bond donors (Lipinski definition) is 0. The van der Waals surface area contributed by atoms with Crippen molar-refractivity contribution in [2.75, 3.05) is 0 Å². The lowest BCUT2D eigenvalue weighted by molar-refractivity contribution is 0.483. The van der Waals surface area contributed by atoms with Crippen molar-refractivity contribution in [2.45, 2.75) is 0 Å². The van der Waals surface area contributed by atoms with E-state index in [4.69, 9.17) is 24.4 Å². The van der Waals surface area contributed by atoms with E-state index < -0.39 is 0 Å². The molecule has 7 aromatic carbocycles. The van der Waals surface area contributed by atoms with Gasteiger partial charge in [-0.15, -0.1) is 0 Å². The second-order valence-corrected chi connectivity index (χ2v) is 12.1. The van der Waals surface area contributed by atoms with E-state index in [2.05, 4.69) is 41.0 Å². The van der Waals surface area contributed by atoms with Crippen LogP contribution in [0.1, 0.15) is 0 Å². The zero-order valence-corrected chi connectivity index (χ0v) is 27.4. The Balaban J connectivity index is 1.25. The third kappa shape index (κ3) is 5.96. The van der Waals surface area contributed by atoms with Crippen LogP contribution in [0.4, 0.5) is 0 Å². The molecule has 2 aromatic heterocycles. The van der Waals surface area contributed by atoms with Crippen molar-refractivity contribution in [3.63, 3.8) is 0 Å². The van der Waals surface area contributed by atoms with Crippen LogP contribution in [0.5, 0.6) is 23.0 Å². The quantitative estimate of drug-likeness (QED) is 0.163. The lowest BCUT2D eigenvalue weighted by atomic mass is 10.1. The lowest BCUT2D eigenvalue weighted by Gasteiger charge is -2.15. The fourth-order valence-corrected chi connectivity index (χ4v) is 6.40. The Morgan fingerprint density at radius 2 is 0.765 bits per heavy atom. The second-order valence-electron chi connectivity index (χ2n) is 12.1. The first-order valence-corrected chi connectivity index (χ1v) is 16.8. The molecule has 0 saturated carbocycles. The predicted octanol–water partition coefficient (Wildman–Crippen LogP) is 11.6. The van der Waals surface area contributed by atoms with Crippen LogP contribution in [0, 0.1) is 0 Å². The van der Waals surface area contributed by atoms with Crippen LogP contribution >= 0.6 is 0 Å². The van der Waals surface area contributed by atoms with E-state index in [0.29, 0.717) is 17.5 Å². The number of fused-ring (bicyclic) bond motifs is 3. The number of rotatable bonds is 8. The first-order valence-electron chi connectivity index (χ1n) is 16.8. The van der Waals surface area contributed by atoms with Crippen LogP contribution in [-0.2, 0) is 0 Å². The molecule has 0 spiro atoms. The van der Waals surface area contributed by atoms with Gasteiger partial charge in [-0.25, -0.2) is 15.0 Å². The van der Waals surface area contributed by atoms with Crippen molar-refractivity contribution in [3.8, 4) is 62.8 Å². The second kappa shape index (κ2) is 13.1. The van der Waals surface area contributed by atoms with Crippen LogP contribution in [0.3, 0.4) is 0 Å². The molecule has 0 unspecified atom stereocenters. The molecule has 0 fully saturated rings. The van der Waals surface area contributed by atoms with Crippen LogP contribution in [-0.4, -0.2) is 19.5 Å². The van der Waals surface area contributed by atoms with E-state index >= 15 is 0 Å². The summed E-state index contributed by atoms with van der Waals surface area (Å²) in [4.78, 5) is 15.1. The maximum atomic E-state index is 6.31. The summed E-state index contributed by atoms with van der Waals surface area (Å²) in [5.74, 6) is 4.85. The molecule has 6 heteroatoms. The zero-order chi connectivity index (χ0) is 34.0. The molecular formula is C45H30N4O2. The van der Waals surface area contributed by atoms with Gasteiger partial charge in [-0.3, -0.25) is 0 Å². The third-order valence-corrected chi connectivity index (χ3v) is 8.75. The molecule has 0 radical (unpaired) electrons. The number of ether oxygens (including phenoxy) is 2. The summed E-state index contributed by atoms with van der Waals surface area (Å²) in [5, 5.41) is 2.05. The number of benzene rings is 7. The molecule has 242 valence electrons. The molecule has 0 aliphatic carbocycles. The Morgan fingerprint density at radius 1 is 0.353 bits per heavy atom. The predicted molar refractivity (Wildman–Crippen MR) is 204 cm³/mol. The molecule has 0 N–H and O–H groups in total. The first kappa shape index (κ1) is 30.0. The summed E-state index contributed by atoms with van der Waals surface area (Å²) in [5.41, 5.74) is 5.68. The van der Waals surface area contributed by atoms with Gasteiger partial charge in [0.15, 0.2) is 17.5 Å². The standard InChI is InChI=1S/C45H30N4O2/c1-5-15-31(16-6-1)43-46-44(32-17-7-2-8-18-32)48-45(47-43)37-23-13-14-24-40(37)49-41-27-25-35(50-33-19-9-3-10-20-33)29-38(41)39-30-36(26-28-42(39)49)51-34-21-11-4-12-22-34/h1-30H. The van der Waals surface area contributed by atoms with Crippen LogP contribution in [0.2, 0.25) is 0 Å². The average molecular weight is 659 g/mol. The van der Waals surface area contributed by atoms with Crippen molar-refractivity contribution in [1.82, 2.24) is 19.5 Å². The van der Waals surface area contributed by atoms with Crippen molar-refractivity contribution in [1.29, 1.82) is 0 Å². The van der Waals surface area contributed by atoms with E-state index in [-0.39, 0.29) is 0 Å². The summed E-state index contributed by atoms with van der Waals surface area (Å²) in [7, 11) is 0. The maximum absolute atomic E-state index is 6.31. The molecule has 0 atom stereocenters. The normalized spacial score (nSPS) is 11.1. The number of aromatic nitrogens is 4. The van der Waals surface area contributed by atoms with E-state index in [1.807, 2.05) is 146 Å². The van der Waals surface area contributed by atoms with Crippen molar-refractivity contribution in [3.05, 3.63) is 182 Å². The summed E-state index contributed by atoms with van der Waals surface area (Å²) in [6.07, 6.45) is 0. The van der Waals surface area contributed by atoms with Gasteiger partial charge in [-0.05, 0) is 72.8 Å². The van der Waals surface area contributed by atoms with Gasteiger partial charge in [0.1, 0.15) is 23.0 Å². The van der Waals surface area contributed by atoms with E-state index in [1.165, 1.54) is 0 Å². The smallest absolute Gasteiger partial charge is 0.166 e. The largest absolute Gasteiger partial charge is 0.457 e. The highest BCUT2D eigenvalue weighted by Crippen LogP contribution is 2.40. The van der Waals surface area contributed by atoms with Crippen molar-refractivity contribution >= 4 is 21.8 Å². The van der Waals surface area contributed by atoms with Gasteiger partial charge in [0.05, 0.1) is 16.7 Å². The van der Waals surface area contributed by atoms with Crippen LogP contribution in [0.15, 0.2) is 182 Å². The Bertz CT molecular complexity index is 2470. The molecule has 9 aromatic rings. The Morgan fingerprint density at radius 3 is 1.25 bits per heavy atom. The highest BCUT2D eigenvalue weighted by Gasteiger charge is 2.20. The summed E-state index contributed by atoms with van der Waals surface area (Å²) >= 11 is 0. The molecule has 0 aliphatic heterocycles. The fourth-order valence-electron chi connectivity index (χ4n) is 6.40. The third-order valence-electron chi connectivity index (χ3n) is 8.75.